The van der Waals surface area contributed by atoms with Gasteiger partial charge in [-0.2, -0.15) is 0 Å². The molecule has 0 amide bonds. The maximum absolute atomic E-state index is 8.76. The highest BCUT2D eigenvalue weighted by Crippen LogP contribution is 2.06. The summed E-state index contributed by atoms with van der Waals surface area (Å²) in [5.74, 6) is 0.250. The second-order valence-electron chi connectivity index (χ2n) is 1.78. The monoisotopic (exact) mass is 112 g/mol. The van der Waals surface area contributed by atoms with Crippen LogP contribution in [0.2, 0.25) is 0 Å². The van der Waals surface area contributed by atoms with Crippen LogP contribution in [0.15, 0.2) is 24.0 Å². The minimum absolute atomic E-state index is 0.250. The molecule has 0 saturated carbocycles. The molecule has 1 aliphatic carbocycles. The summed E-state index contributed by atoms with van der Waals surface area (Å²) in [7, 11) is 0. The first-order chi connectivity index (χ1) is 3.79. The van der Waals surface area contributed by atoms with E-state index in [1.807, 2.05) is 0 Å². The molecule has 44 valence electrons. The molecule has 0 radical (unpaired) electrons. The average molecular weight is 112 g/mol. The third kappa shape index (κ3) is 1.10. The minimum Gasteiger partial charge on any atom is -0.512 e. The van der Waals surface area contributed by atoms with Gasteiger partial charge in [0.25, 0.3) is 0 Å². The quantitative estimate of drug-likeness (QED) is 0.454. The Morgan fingerprint density at radius 1 is 1.62 bits per heavy atom. The molecule has 0 spiro atoms. The van der Waals surface area contributed by atoms with Gasteiger partial charge in [0.15, 0.2) is 0 Å². The van der Waals surface area contributed by atoms with Gasteiger partial charge in [-0.15, -0.1) is 0 Å². The number of aliphatic hydroxyl groups excluding tert-OH is 2. The van der Waals surface area contributed by atoms with Crippen molar-refractivity contribution >= 4 is 0 Å². The van der Waals surface area contributed by atoms with Crippen molar-refractivity contribution in [1.82, 2.24) is 0 Å². The van der Waals surface area contributed by atoms with Gasteiger partial charge in [0.05, 0.1) is 11.9 Å². The van der Waals surface area contributed by atoms with Crippen molar-refractivity contribution in [1.29, 1.82) is 0 Å². The first-order valence-corrected chi connectivity index (χ1v) is 2.53. The molecule has 2 nitrogen and oxygen atoms in total. The second kappa shape index (κ2) is 2.01. The molecule has 1 aliphatic rings. The van der Waals surface area contributed by atoms with E-state index < -0.39 is 6.10 Å². The fourth-order valence-corrected chi connectivity index (χ4v) is 0.649. The SMILES string of the molecule is OC1=CC(O)C=CC1. The number of aliphatic hydroxyl groups is 2. The Balaban J connectivity index is 2.60. The largest absolute Gasteiger partial charge is 0.512 e. The highest BCUT2D eigenvalue weighted by molar-refractivity contribution is 5.13. The maximum Gasteiger partial charge on any atom is 0.0949 e. The molecule has 1 atom stereocenters. The summed E-state index contributed by atoms with van der Waals surface area (Å²) in [6.07, 6.45) is 4.76. The summed E-state index contributed by atoms with van der Waals surface area (Å²) < 4.78 is 0. The highest BCUT2D eigenvalue weighted by atomic mass is 16.3. The molecule has 0 aromatic carbocycles. The summed E-state index contributed by atoms with van der Waals surface area (Å²) in [4.78, 5) is 0. The summed E-state index contributed by atoms with van der Waals surface area (Å²) in [6, 6.07) is 0. The molecule has 0 aromatic heterocycles. The van der Waals surface area contributed by atoms with Crippen molar-refractivity contribution in [3.63, 3.8) is 0 Å². The molecule has 0 aliphatic heterocycles. The summed E-state index contributed by atoms with van der Waals surface area (Å²) in [5.41, 5.74) is 0. The Hall–Kier alpha value is -0.760. The first kappa shape index (κ1) is 5.38. The van der Waals surface area contributed by atoms with Gasteiger partial charge in [0, 0.05) is 6.42 Å². The third-order valence-corrected chi connectivity index (χ3v) is 1.02. The van der Waals surface area contributed by atoms with Crippen LogP contribution in [0.25, 0.3) is 0 Å². The fourth-order valence-electron chi connectivity index (χ4n) is 0.649. The van der Waals surface area contributed by atoms with Gasteiger partial charge in [-0.1, -0.05) is 12.2 Å². The smallest absolute Gasteiger partial charge is 0.0949 e. The topological polar surface area (TPSA) is 40.5 Å². The zero-order valence-electron chi connectivity index (χ0n) is 4.41. The number of hydrogen-bond acceptors (Lipinski definition) is 2. The Morgan fingerprint density at radius 2 is 2.38 bits per heavy atom. The van der Waals surface area contributed by atoms with E-state index in [1.54, 1.807) is 12.2 Å². The van der Waals surface area contributed by atoms with E-state index in [0.717, 1.165) is 0 Å². The van der Waals surface area contributed by atoms with E-state index in [4.69, 9.17) is 10.2 Å². The second-order valence-corrected chi connectivity index (χ2v) is 1.78. The van der Waals surface area contributed by atoms with Gasteiger partial charge in [-0.3, -0.25) is 0 Å². The number of hydrogen-bond donors (Lipinski definition) is 2. The molecule has 2 heteroatoms. The summed E-state index contributed by atoms with van der Waals surface area (Å²) in [6.45, 7) is 0. The fraction of sp³-hybridized carbons (Fsp3) is 0.333. The summed E-state index contributed by atoms with van der Waals surface area (Å²) >= 11 is 0. The van der Waals surface area contributed by atoms with Gasteiger partial charge in [0.2, 0.25) is 0 Å². The normalized spacial score (nSPS) is 27.6. The van der Waals surface area contributed by atoms with Gasteiger partial charge in [-0.25, -0.2) is 0 Å². The molecule has 0 saturated heterocycles. The van der Waals surface area contributed by atoms with Crippen LogP contribution in [-0.2, 0) is 0 Å². The van der Waals surface area contributed by atoms with Crippen molar-refractivity contribution in [2.24, 2.45) is 0 Å². The highest BCUT2D eigenvalue weighted by Gasteiger charge is 2.00. The predicted octanol–water partition coefficient (Wildman–Crippen LogP) is 0.749. The Bertz CT molecular complexity index is 135. The molecular weight excluding hydrogens is 104 g/mol. The van der Waals surface area contributed by atoms with Gasteiger partial charge < -0.3 is 10.2 Å². The molecule has 0 heterocycles. The zero-order valence-corrected chi connectivity index (χ0v) is 4.41. The molecule has 1 unspecified atom stereocenters. The maximum atomic E-state index is 8.76. The van der Waals surface area contributed by atoms with Crippen LogP contribution < -0.4 is 0 Å². The van der Waals surface area contributed by atoms with Crippen LogP contribution in [-0.4, -0.2) is 16.3 Å². The number of rotatable bonds is 0. The standard InChI is InChI=1S/C6H8O2/c7-5-2-1-3-6(8)4-5/h1-2,4-5,7-8H,3H2. The van der Waals surface area contributed by atoms with Gasteiger partial charge >= 0.3 is 0 Å². The van der Waals surface area contributed by atoms with Crippen molar-refractivity contribution in [3.05, 3.63) is 24.0 Å². The lowest BCUT2D eigenvalue weighted by Gasteiger charge is -2.04. The van der Waals surface area contributed by atoms with Crippen LogP contribution in [0.5, 0.6) is 0 Å². The van der Waals surface area contributed by atoms with E-state index in [2.05, 4.69) is 0 Å². The molecule has 0 aromatic rings. The molecule has 8 heavy (non-hydrogen) atoms. The first-order valence-electron chi connectivity index (χ1n) is 2.53. The Kier molecular flexibility index (Phi) is 1.35. The van der Waals surface area contributed by atoms with Crippen molar-refractivity contribution < 1.29 is 10.2 Å². The molecule has 1 rings (SSSR count). The van der Waals surface area contributed by atoms with Crippen molar-refractivity contribution in [2.45, 2.75) is 12.5 Å². The lowest BCUT2D eigenvalue weighted by molar-refractivity contribution is 0.258. The molecule has 0 bridgehead atoms. The van der Waals surface area contributed by atoms with Gasteiger partial charge in [0.1, 0.15) is 0 Å². The van der Waals surface area contributed by atoms with E-state index in [-0.39, 0.29) is 5.76 Å². The zero-order chi connectivity index (χ0) is 5.98. The van der Waals surface area contributed by atoms with Crippen molar-refractivity contribution in [2.75, 3.05) is 0 Å². The average Bonchev–Trinajstić information content (AvgIpc) is 1.64. The predicted molar refractivity (Wildman–Crippen MR) is 30.5 cm³/mol. The minimum atomic E-state index is -0.580. The van der Waals surface area contributed by atoms with Crippen LogP contribution in [0, 0.1) is 0 Å². The molecular formula is C6H8O2. The lowest BCUT2D eigenvalue weighted by atomic mass is 10.1. The van der Waals surface area contributed by atoms with E-state index >= 15 is 0 Å². The molecule has 0 fully saturated rings. The third-order valence-electron chi connectivity index (χ3n) is 1.02. The van der Waals surface area contributed by atoms with Crippen molar-refractivity contribution in [3.8, 4) is 0 Å². The van der Waals surface area contributed by atoms with Crippen LogP contribution in [0.4, 0.5) is 0 Å². The Morgan fingerprint density at radius 3 is 2.75 bits per heavy atom. The van der Waals surface area contributed by atoms with E-state index in [1.165, 1.54) is 6.08 Å². The van der Waals surface area contributed by atoms with Gasteiger partial charge in [-0.05, 0) is 6.08 Å². The molecule has 2 N–H and O–H groups in total. The van der Waals surface area contributed by atoms with Crippen LogP contribution >= 0.6 is 0 Å². The van der Waals surface area contributed by atoms with E-state index in [9.17, 15) is 0 Å². The van der Waals surface area contributed by atoms with Crippen LogP contribution in [0.1, 0.15) is 6.42 Å². The lowest BCUT2D eigenvalue weighted by Crippen LogP contribution is -2.02. The number of allylic oxidation sites excluding steroid dienone is 1. The summed E-state index contributed by atoms with van der Waals surface area (Å²) in [5, 5.41) is 17.5. The van der Waals surface area contributed by atoms with E-state index in [0.29, 0.717) is 6.42 Å². The van der Waals surface area contributed by atoms with Crippen LogP contribution in [0.3, 0.4) is 0 Å². The Labute approximate surface area is 47.8 Å².